The predicted molar refractivity (Wildman–Crippen MR) is 51.2 cm³/mol. The van der Waals surface area contributed by atoms with Gasteiger partial charge in [-0.25, -0.2) is 4.79 Å². The highest BCUT2D eigenvalue weighted by Crippen LogP contribution is 2.30. The van der Waals surface area contributed by atoms with Crippen LogP contribution in [0.25, 0.3) is 0 Å². The fourth-order valence-corrected chi connectivity index (χ4v) is 1.29. The molecule has 0 aliphatic heterocycles. The lowest BCUT2D eigenvalue weighted by molar-refractivity contribution is -0.137. The average molecular weight is 233 g/mol. The lowest BCUT2D eigenvalue weighted by Crippen LogP contribution is -2.12. The topological polar surface area (TPSA) is 49.3 Å². The lowest BCUT2D eigenvalue weighted by atomic mass is 10.1. The monoisotopic (exact) mass is 233 g/mol. The van der Waals surface area contributed by atoms with Gasteiger partial charge < -0.3 is 10.4 Å². The Morgan fingerprint density at radius 1 is 1.38 bits per heavy atom. The SMILES string of the molecule is CNCc1cc(C(=O)O)cc(C(F)(F)F)c1. The normalized spacial score (nSPS) is 11.5. The summed E-state index contributed by atoms with van der Waals surface area (Å²) in [5.41, 5.74) is -1.02. The molecule has 88 valence electrons. The molecule has 0 atom stereocenters. The number of carbonyl (C=O) groups is 1. The minimum atomic E-state index is -4.53. The second kappa shape index (κ2) is 4.52. The van der Waals surface area contributed by atoms with E-state index in [1.165, 1.54) is 6.07 Å². The molecular formula is C10H10F3NO2. The molecule has 0 aliphatic rings. The van der Waals surface area contributed by atoms with Crippen molar-refractivity contribution in [2.24, 2.45) is 0 Å². The fraction of sp³-hybridized carbons (Fsp3) is 0.300. The number of benzene rings is 1. The summed E-state index contributed by atoms with van der Waals surface area (Å²) in [7, 11) is 1.57. The van der Waals surface area contributed by atoms with Gasteiger partial charge in [0.05, 0.1) is 11.1 Å². The molecule has 0 radical (unpaired) electrons. The Kier molecular flexibility index (Phi) is 3.54. The Balaban J connectivity index is 3.24. The number of carboxylic acids is 1. The van der Waals surface area contributed by atoms with Crippen LogP contribution < -0.4 is 5.32 Å². The first kappa shape index (κ1) is 12.5. The van der Waals surface area contributed by atoms with E-state index in [1.807, 2.05) is 0 Å². The van der Waals surface area contributed by atoms with Crippen molar-refractivity contribution in [3.63, 3.8) is 0 Å². The minimum Gasteiger partial charge on any atom is -0.478 e. The molecule has 0 saturated carbocycles. The molecule has 0 saturated heterocycles. The van der Waals surface area contributed by atoms with Crippen molar-refractivity contribution in [3.8, 4) is 0 Å². The highest BCUT2D eigenvalue weighted by Gasteiger charge is 2.31. The molecule has 0 spiro atoms. The number of hydrogen-bond donors (Lipinski definition) is 2. The predicted octanol–water partition coefficient (Wildman–Crippen LogP) is 2.12. The summed E-state index contributed by atoms with van der Waals surface area (Å²) < 4.78 is 37.3. The maximum absolute atomic E-state index is 12.4. The van der Waals surface area contributed by atoms with Gasteiger partial charge in [-0.05, 0) is 30.8 Å². The Morgan fingerprint density at radius 3 is 2.44 bits per heavy atom. The standard InChI is InChI=1S/C10H10F3NO2/c1-14-5-6-2-7(9(15)16)4-8(3-6)10(11,12)13/h2-4,14H,5H2,1H3,(H,15,16). The number of rotatable bonds is 3. The van der Waals surface area contributed by atoms with Gasteiger partial charge in [-0.15, -0.1) is 0 Å². The summed E-state index contributed by atoms with van der Waals surface area (Å²) >= 11 is 0. The van der Waals surface area contributed by atoms with Crippen LogP contribution in [0, 0.1) is 0 Å². The molecule has 0 fully saturated rings. The van der Waals surface area contributed by atoms with Crippen LogP contribution in [-0.4, -0.2) is 18.1 Å². The quantitative estimate of drug-likeness (QED) is 0.840. The van der Waals surface area contributed by atoms with Crippen molar-refractivity contribution in [1.29, 1.82) is 0 Å². The van der Waals surface area contributed by atoms with Gasteiger partial charge in [-0.1, -0.05) is 0 Å². The zero-order valence-corrected chi connectivity index (χ0v) is 8.43. The second-order valence-electron chi connectivity index (χ2n) is 3.25. The van der Waals surface area contributed by atoms with Gasteiger partial charge in [0.15, 0.2) is 0 Å². The molecular weight excluding hydrogens is 223 g/mol. The van der Waals surface area contributed by atoms with Gasteiger partial charge in [0.25, 0.3) is 0 Å². The van der Waals surface area contributed by atoms with Crippen LogP contribution >= 0.6 is 0 Å². The fourth-order valence-electron chi connectivity index (χ4n) is 1.29. The van der Waals surface area contributed by atoms with Crippen molar-refractivity contribution in [3.05, 3.63) is 34.9 Å². The van der Waals surface area contributed by atoms with Crippen molar-refractivity contribution in [2.45, 2.75) is 12.7 Å². The Morgan fingerprint density at radius 2 is 2.00 bits per heavy atom. The average Bonchev–Trinajstić information content (AvgIpc) is 2.16. The molecule has 0 amide bonds. The molecule has 1 rings (SSSR count). The third-order valence-corrected chi connectivity index (χ3v) is 1.95. The maximum Gasteiger partial charge on any atom is 0.416 e. The number of aromatic carboxylic acids is 1. The van der Waals surface area contributed by atoms with Crippen molar-refractivity contribution in [1.82, 2.24) is 5.32 Å². The van der Waals surface area contributed by atoms with Crippen LogP contribution in [0.2, 0.25) is 0 Å². The van der Waals surface area contributed by atoms with Crippen LogP contribution in [0.4, 0.5) is 13.2 Å². The molecule has 0 aromatic heterocycles. The summed E-state index contributed by atoms with van der Waals surface area (Å²) in [5, 5.41) is 11.3. The van der Waals surface area contributed by atoms with E-state index in [1.54, 1.807) is 7.05 Å². The number of carboxylic acid groups (broad SMARTS) is 1. The van der Waals surface area contributed by atoms with E-state index in [0.717, 1.165) is 6.07 Å². The zero-order valence-electron chi connectivity index (χ0n) is 8.43. The van der Waals surface area contributed by atoms with Crippen molar-refractivity contribution in [2.75, 3.05) is 7.05 Å². The smallest absolute Gasteiger partial charge is 0.416 e. The third-order valence-electron chi connectivity index (χ3n) is 1.95. The first-order valence-corrected chi connectivity index (χ1v) is 4.43. The van der Waals surface area contributed by atoms with E-state index in [-0.39, 0.29) is 17.7 Å². The van der Waals surface area contributed by atoms with Gasteiger partial charge in [0.1, 0.15) is 0 Å². The number of alkyl halides is 3. The van der Waals surface area contributed by atoms with Crippen LogP contribution in [0.15, 0.2) is 18.2 Å². The van der Waals surface area contributed by atoms with Gasteiger partial charge in [-0.2, -0.15) is 13.2 Å². The number of halogens is 3. The van der Waals surface area contributed by atoms with Crippen LogP contribution in [-0.2, 0) is 12.7 Å². The van der Waals surface area contributed by atoms with Gasteiger partial charge in [0, 0.05) is 6.54 Å². The molecule has 0 bridgehead atoms. The van der Waals surface area contributed by atoms with Crippen LogP contribution in [0.3, 0.4) is 0 Å². The van der Waals surface area contributed by atoms with Gasteiger partial charge in [-0.3, -0.25) is 0 Å². The molecule has 16 heavy (non-hydrogen) atoms. The Bertz CT molecular complexity index is 402. The molecule has 0 unspecified atom stereocenters. The molecule has 1 aromatic carbocycles. The summed E-state index contributed by atoms with van der Waals surface area (Å²) in [5.74, 6) is -1.37. The first-order valence-electron chi connectivity index (χ1n) is 4.43. The number of hydrogen-bond acceptors (Lipinski definition) is 2. The van der Waals surface area contributed by atoms with Crippen molar-refractivity contribution < 1.29 is 23.1 Å². The summed E-state index contributed by atoms with van der Waals surface area (Å²) in [4.78, 5) is 10.6. The molecule has 2 N–H and O–H groups in total. The first-order chi connectivity index (χ1) is 7.34. The van der Waals surface area contributed by atoms with Crippen LogP contribution in [0.1, 0.15) is 21.5 Å². The van der Waals surface area contributed by atoms with Gasteiger partial charge >= 0.3 is 12.1 Å². The summed E-state index contributed by atoms with van der Waals surface area (Å²) in [6, 6.07) is 2.78. The molecule has 1 aromatic rings. The molecule has 6 heteroatoms. The zero-order chi connectivity index (χ0) is 12.3. The molecule has 0 heterocycles. The Labute approximate surface area is 89.9 Å². The van der Waals surface area contributed by atoms with E-state index < -0.39 is 17.7 Å². The highest BCUT2D eigenvalue weighted by atomic mass is 19.4. The van der Waals surface area contributed by atoms with E-state index in [9.17, 15) is 18.0 Å². The molecule has 0 aliphatic carbocycles. The lowest BCUT2D eigenvalue weighted by Gasteiger charge is -2.10. The summed E-state index contributed by atoms with van der Waals surface area (Å²) in [6.07, 6.45) is -4.53. The molecule has 3 nitrogen and oxygen atoms in total. The van der Waals surface area contributed by atoms with Crippen molar-refractivity contribution >= 4 is 5.97 Å². The van der Waals surface area contributed by atoms with E-state index >= 15 is 0 Å². The van der Waals surface area contributed by atoms with Gasteiger partial charge in [0.2, 0.25) is 0 Å². The van der Waals surface area contributed by atoms with E-state index in [4.69, 9.17) is 5.11 Å². The largest absolute Gasteiger partial charge is 0.478 e. The van der Waals surface area contributed by atoms with E-state index in [0.29, 0.717) is 6.07 Å². The van der Waals surface area contributed by atoms with E-state index in [2.05, 4.69) is 5.32 Å². The third kappa shape index (κ3) is 2.96. The highest BCUT2D eigenvalue weighted by molar-refractivity contribution is 5.88. The Hall–Kier alpha value is -1.56. The minimum absolute atomic E-state index is 0.185. The van der Waals surface area contributed by atoms with Crippen LogP contribution in [0.5, 0.6) is 0 Å². The maximum atomic E-state index is 12.4. The summed E-state index contributed by atoms with van der Waals surface area (Å²) in [6.45, 7) is 0.185. The number of nitrogens with one attached hydrogen (secondary N) is 1. The second-order valence-corrected chi connectivity index (χ2v) is 3.25.